The minimum atomic E-state index is -0.0638. The van der Waals surface area contributed by atoms with Crippen LogP contribution in [0.25, 0.3) is 0 Å². The van der Waals surface area contributed by atoms with E-state index < -0.39 is 0 Å². The summed E-state index contributed by atoms with van der Waals surface area (Å²) >= 11 is 1.72. The largest absolute Gasteiger partial charge is 0.468 e. The first-order chi connectivity index (χ1) is 8.22. The topological polar surface area (TPSA) is 26.3 Å². The molecule has 0 spiro atoms. The Morgan fingerprint density at radius 3 is 2.76 bits per heavy atom. The van der Waals surface area contributed by atoms with E-state index in [4.69, 9.17) is 4.74 Å². The van der Waals surface area contributed by atoms with Crippen molar-refractivity contribution in [3.8, 4) is 0 Å². The van der Waals surface area contributed by atoms with E-state index in [1.807, 2.05) is 12.1 Å². The molecule has 0 heterocycles. The van der Waals surface area contributed by atoms with Gasteiger partial charge in [0.15, 0.2) is 0 Å². The predicted octanol–water partition coefficient (Wildman–Crippen LogP) is 3.18. The average Bonchev–Trinajstić information content (AvgIpc) is 3.15. The molecule has 1 fully saturated rings. The van der Waals surface area contributed by atoms with Crippen LogP contribution < -0.4 is 0 Å². The summed E-state index contributed by atoms with van der Waals surface area (Å²) in [4.78, 5) is 11.7. The molecule has 1 saturated carbocycles. The Kier molecular flexibility index (Phi) is 4.11. The number of rotatable bonds is 5. The summed E-state index contributed by atoms with van der Waals surface area (Å²) in [5, 5.41) is 0.0274. The Morgan fingerprint density at radius 2 is 2.18 bits per heavy atom. The van der Waals surface area contributed by atoms with Crippen LogP contribution in [0.4, 0.5) is 0 Å². The number of carbonyl (C=O) groups is 1. The number of hydrogen-bond donors (Lipinski definition) is 0. The molecule has 92 valence electrons. The number of methoxy groups -OCH3 is 1. The summed E-state index contributed by atoms with van der Waals surface area (Å²) in [6, 6.07) is 8.33. The molecular weight excluding hydrogens is 232 g/mol. The fraction of sp³-hybridized carbons (Fsp3) is 0.500. The van der Waals surface area contributed by atoms with Gasteiger partial charge in [-0.15, -0.1) is 11.8 Å². The summed E-state index contributed by atoms with van der Waals surface area (Å²) < 4.78 is 4.87. The molecule has 0 amide bonds. The van der Waals surface area contributed by atoms with Gasteiger partial charge in [0.25, 0.3) is 0 Å². The van der Waals surface area contributed by atoms with Gasteiger partial charge in [-0.25, -0.2) is 0 Å². The number of aryl methyl sites for hydroxylation is 1. The van der Waals surface area contributed by atoms with Gasteiger partial charge in [-0.3, -0.25) is 4.79 Å². The maximum atomic E-state index is 11.7. The van der Waals surface area contributed by atoms with E-state index in [-0.39, 0.29) is 11.2 Å². The van der Waals surface area contributed by atoms with Crippen LogP contribution in [0.15, 0.2) is 24.3 Å². The highest BCUT2D eigenvalue weighted by atomic mass is 32.2. The highest BCUT2D eigenvalue weighted by Crippen LogP contribution is 2.40. The lowest BCUT2D eigenvalue weighted by Gasteiger charge is -2.14. The second-order valence-electron chi connectivity index (χ2n) is 4.52. The normalized spacial score (nSPS) is 16.6. The van der Waals surface area contributed by atoms with Crippen LogP contribution in [-0.2, 0) is 15.3 Å². The summed E-state index contributed by atoms with van der Waals surface area (Å²) in [5.41, 5.74) is 2.60. The first-order valence-electron chi connectivity index (χ1n) is 5.96. The summed E-state index contributed by atoms with van der Waals surface area (Å²) in [6.45, 7) is 2.11. The molecule has 0 radical (unpaired) electrons. The number of benzene rings is 1. The maximum Gasteiger partial charge on any atom is 0.319 e. The first kappa shape index (κ1) is 12.5. The third-order valence-electron chi connectivity index (χ3n) is 3.16. The highest BCUT2D eigenvalue weighted by molar-refractivity contribution is 7.99. The SMILES string of the molecule is COC(=O)C(SCc1ccccc1C)C1CC1. The Balaban J connectivity index is 1.95. The Morgan fingerprint density at radius 1 is 1.47 bits per heavy atom. The van der Waals surface area contributed by atoms with Gasteiger partial charge in [-0.1, -0.05) is 24.3 Å². The molecule has 3 heteroatoms. The van der Waals surface area contributed by atoms with Gasteiger partial charge >= 0.3 is 5.97 Å². The molecule has 1 unspecified atom stereocenters. The molecule has 2 nitrogen and oxygen atoms in total. The Labute approximate surface area is 107 Å². The number of thioether (sulfide) groups is 1. The van der Waals surface area contributed by atoms with E-state index in [9.17, 15) is 4.79 Å². The average molecular weight is 250 g/mol. The predicted molar refractivity (Wildman–Crippen MR) is 71.0 cm³/mol. The van der Waals surface area contributed by atoms with E-state index in [0.29, 0.717) is 5.92 Å². The van der Waals surface area contributed by atoms with E-state index in [1.54, 1.807) is 11.8 Å². The van der Waals surface area contributed by atoms with Gasteiger partial charge in [0.2, 0.25) is 0 Å². The first-order valence-corrected chi connectivity index (χ1v) is 7.01. The van der Waals surface area contributed by atoms with Crippen LogP contribution in [0, 0.1) is 12.8 Å². The van der Waals surface area contributed by atoms with Crippen molar-refractivity contribution >= 4 is 17.7 Å². The van der Waals surface area contributed by atoms with Crippen molar-refractivity contribution in [1.82, 2.24) is 0 Å². The number of carbonyl (C=O) groups excluding carboxylic acids is 1. The number of hydrogen-bond acceptors (Lipinski definition) is 3. The van der Waals surface area contributed by atoms with E-state index >= 15 is 0 Å². The zero-order valence-electron chi connectivity index (χ0n) is 10.3. The smallest absolute Gasteiger partial charge is 0.319 e. The lowest BCUT2D eigenvalue weighted by atomic mass is 10.1. The fourth-order valence-corrected chi connectivity index (χ4v) is 3.32. The Hall–Kier alpha value is -0.960. The third kappa shape index (κ3) is 3.25. The van der Waals surface area contributed by atoms with E-state index in [0.717, 1.165) is 5.75 Å². The van der Waals surface area contributed by atoms with Crippen molar-refractivity contribution < 1.29 is 9.53 Å². The molecule has 2 rings (SSSR count). The number of ether oxygens (including phenoxy) is 1. The zero-order valence-corrected chi connectivity index (χ0v) is 11.1. The van der Waals surface area contributed by atoms with Gasteiger partial charge in [-0.05, 0) is 36.8 Å². The molecule has 1 aliphatic carbocycles. The van der Waals surface area contributed by atoms with Gasteiger partial charge in [0.1, 0.15) is 5.25 Å². The second kappa shape index (κ2) is 5.58. The van der Waals surface area contributed by atoms with Crippen molar-refractivity contribution in [2.24, 2.45) is 5.92 Å². The minimum absolute atomic E-state index is 0.0274. The lowest BCUT2D eigenvalue weighted by Crippen LogP contribution is -2.21. The van der Waals surface area contributed by atoms with Gasteiger partial charge in [0.05, 0.1) is 7.11 Å². The molecule has 0 saturated heterocycles. The monoisotopic (exact) mass is 250 g/mol. The number of esters is 1. The van der Waals surface area contributed by atoms with Crippen LogP contribution in [0.3, 0.4) is 0 Å². The van der Waals surface area contributed by atoms with Gasteiger partial charge < -0.3 is 4.74 Å². The molecule has 1 atom stereocenters. The van der Waals surface area contributed by atoms with Crippen LogP contribution >= 0.6 is 11.8 Å². The van der Waals surface area contributed by atoms with Crippen LogP contribution in [0.5, 0.6) is 0 Å². The third-order valence-corrected chi connectivity index (χ3v) is 4.58. The van der Waals surface area contributed by atoms with Gasteiger partial charge in [0, 0.05) is 5.75 Å². The van der Waals surface area contributed by atoms with Gasteiger partial charge in [-0.2, -0.15) is 0 Å². The molecule has 1 aromatic rings. The molecule has 0 aliphatic heterocycles. The van der Waals surface area contributed by atoms with Crippen molar-refractivity contribution in [3.63, 3.8) is 0 Å². The van der Waals surface area contributed by atoms with E-state index in [1.165, 1.54) is 31.1 Å². The van der Waals surface area contributed by atoms with Crippen molar-refractivity contribution in [1.29, 1.82) is 0 Å². The molecule has 0 aromatic heterocycles. The van der Waals surface area contributed by atoms with Crippen molar-refractivity contribution in [3.05, 3.63) is 35.4 Å². The van der Waals surface area contributed by atoms with Crippen LogP contribution in [0.1, 0.15) is 24.0 Å². The Bertz CT molecular complexity index is 399. The van der Waals surface area contributed by atoms with Crippen LogP contribution in [-0.4, -0.2) is 18.3 Å². The lowest BCUT2D eigenvalue weighted by molar-refractivity contribution is -0.140. The highest BCUT2D eigenvalue weighted by Gasteiger charge is 2.37. The molecule has 1 aliphatic rings. The molecule has 1 aromatic carbocycles. The quantitative estimate of drug-likeness (QED) is 0.751. The van der Waals surface area contributed by atoms with Crippen molar-refractivity contribution in [2.75, 3.05) is 7.11 Å². The fourth-order valence-electron chi connectivity index (χ4n) is 1.86. The summed E-state index contributed by atoms with van der Waals surface area (Å²) in [7, 11) is 1.48. The maximum absolute atomic E-state index is 11.7. The molecular formula is C14H18O2S. The standard InChI is InChI=1S/C14H18O2S/c1-10-5-3-4-6-12(10)9-17-13(11-7-8-11)14(15)16-2/h3-6,11,13H,7-9H2,1-2H3. The zero-order chi connectivity index (χ0) is 12.3. The molecule has 17 heavy (non-hydrogen) atoms. The second-order valence-corrected chi connectivity index (χ2v) is 5.65. The molecule has 0 N–H and O–H groups in total. The summed E-state index contributed by atoms with van der Waals surface area (Å²) in [5.74, 6) is 1.37. The van der Waals surface area contributed by atoms with E-state index in [2.05, 4.69) is 19.1 Å². The minimum Gasteiger partial charge on any atom is -0.468 e. The van der Waals surface area contributed by atoms with Crippen molar-refractivity contribution in [2.45, 2.75) is 30.8 Å². The molecule has 0 bridgehead atoms. The van der Waals surface area contributed by atoms with Crippen LogP contribution in [0.2, 0.25) is 0 Å². The summed E-state index contributed by atoms with van der Waals surface area (Å²) in [6.07, 6.45) is 2.33.